The first-order valence-electron chi connectivity index (χ1n) is 6.46. The van der Waals surface area contributed by atoms with Crippen LogP contribution in [0.25, 0.3) is 0 Å². The van der Waals surface area contributed by atoms with E-state index in [9.17, 15) is 9.59 Å². The van der Waals surface area contributed by atoms with Gasteiger partial charge in [-0.3, -0.25) is 4.79 Å². The first-order chi connectivity index (χ1) is 8.32. The number of carboxylic acid groups (broad SMARTS) is 1. The summed E-state index contributed by atoms with van der Waals surface area (Å²) in [5.41, 5.74) is 0. The van der Waals surface area contributed by atoms with Crippen LogP contribution in [-0.2, 0) is 14.3 Å². The lowest BCUT2D eigenvalue weighted by Gasteiger charge is -2.15. The van der Waals surface area contributed by atoms with E-state index in [0.717, 1.165) is 19.3 Å². The molecule has 0 aliphatic heterocycles. The molecule has 5 heteroatoms. The summed E-state index contributed by atoms with van der Waals surface area (Å²) in [7, 11) is 0. The summed E-state index contributed by atoms with van der Waals surface area (Å²) in [5, 5.41) is 11.4. The summed E-state index contributed by atoms with van der Waals surface area (Å²) < 4.78 is 4.90. The second-order valence-corrected chi connectivity index (χ2v) is 5.08. The number of amides is 1. The van der Waals surface area contributed by atoms with Gasteiger partial charge >= 0.3 is 5.97 Å². The van der Waals surface area contributed by atoms with Crippen LogP contribution in [0.2, 0.25) is 0 Å². The highest BCUT2D eigenvalue weighted by molar-refractivity contribution is 5.78. The van der Waals surface area contributed by atoms with E-state index in [-0.39, 0.29) is 18.6 Å². The van der Waals surface area contributed by atoms with Gasteiger partial charge in [0.1, 0.15) is 6.61 Å². The van der Waals surface area contributed by atoms with Crippen LogP contribution in [0.1, 0.15) is 47.0 Å². The van der Waals surface area contributed by atoms with Gasteiger partial charge in [-0.1, -0.05) is 26.7 Å². The van der Waals surface area contributed by atoms with Gasteiger partial charge in [-0.15, -0.1) is 0 Å². The molecular formula is C13H25NO4. The lowest BCUT2D eigenvalue weighted by molar-refractivity contribution is -0.150. The molecule has 0 aromatic rings. The highest BCUT2D eigenvalue weighted by atomic mass is 16.5. The molecule has 2 atom stereocenters. The molecule has 0 bridgehead atoms. The van der Waals surface area contributed by atoms with Crippen molar-refractivity contribution in [3.8, 4) is 0 Å². The third-order valence-corrected chi connectivity index (χ3v) is 2.64. The van der Waals surface area contributed by atoms with Gasteiger partial charge in [0, 0.05) is 6.04 Å². The zero-order valence-electron chi connectivity index (χ0n) is 11.7. The number of carbonyl (C=O) groups is 2. The largest absolute Gasteiger partial charge is 0.479 e. The third kappa shape index (κ3) is 8.98. The average Bonchev–Trinajstić information content (AvgIpc) is 2.24. The minimum Gasteiger partial charge on any atom is -0.479 e. The molecule has 0 aromatic carbocycles. The fourth-order valence-corrected chi connectivity index (χ4v) is 1.49. The van der Waals surface area contributed by atoms with E-state index < -0.39 is 12.1 Å². The van der Waals surface area contributed by atoms with Crippen LogP contribution in [0.15, 0.2) is 0 Å². The Morgan fingerprint density at radius 2 is 1.78 bits per heavy atom. The van der Waals surface area contributed by atoms with Crippen molar-refractivity contribution in [3.05, 3.63) is 0 Å². The molecule has 106 valence electrons. The Kier molecular flexibility index (Phi) is 8.37. The van der Waals surface area contributed by atoms with Gasteiger partial charge in [0.25, 0.3) is 0 Å². The third-order valence-electron chi connectivity index (χ3n) is 2.64. The minimum absolute atomic E-state index is 0.0972. The Hall–Kier alpha value is -1.10. The molecule has 18 heavy (non-hydrogen) atoms. The number of rotatable bonds is 9. The maximum absolute atomic E-state index is 11.4. The SMILES string of the molecule is CC(C)CCCC(C)NC(=O)COC(C)C(=O)O. The number of nitrogens with one attached hydrogen (secondary N) is 1. The fourth-order valence-electron chi connectivity index (χ4n) is 1.49. The van der Waals surface area contributed by atoms with E-state index in [4.69, 9.17) is 9.84 Å². The van der Waals surface area contributed by atoms with E-state index in [2.05, 4.69) is 19.2 Å². The molecule has 0 radical (unpaired) electrons. The minimum atomic E-state index is -1.06. The van der Waals surface area contributed by atoms with E-state index in [1.165, 1.54) is 6.92 Å². The summed E-state index contributed by atoms with van der Waals surface area (Å²) in [5.74, 6) is -0.652. The molecule has 0 aliphatic rings. The number of carboxylic acids is 1. The van der Waals surface area contributed by atoms with Gasteiger partial charge in [-0.2, -0.15) is 0 Å². The predicted octanol–water partition coefficient (Wildman–Crippen LogP) is 1.81. The number of hydrogen-bond donors (Lipinski definition) is 2. The molecule has 1 amide bonds. The van der Waals surface area contributed by atoms with Crippen LogP contribution in [0.4, 0.5) is 0 Å². The lowest BCUT2D eigenvalue weighted by atomic mass is 10.0. The van der Waals surface area contributed by atoms with Crippen molar-refractivity contribution in [1.29, 1.82) is 0 Å². The van der Waals surface area contributed by atoms with Crippen LogP contribution in [0, 0.1) is 5.92 Å². The number of ether oxygens (including phenoxy) is 1. The molecule has 0 rings (SSSR count). The molecule has 2 N–H and O–H groups in total. The Balaban J connectivity index is 3.70. The van der Waals surface area contributed by atoms with E-state index in [1.807, 2.05) is 6.92 Å². The van der Waals surface area contributed by atoms with Crippen molar-refractivity contribution in [3.63, 3.8) is 0 Å². The molecule has 0 heterocycles. The fraction of sp³-hybridized carbons (Fsp3) is 0.846. The van der Waals surface area contributed by atoms with Crippen molar-refractivity contribution >= 4 is 11.9 Å². The molecule has 0 saturated carbocycles. The quantitative estimate of drug-likeness (QED) is 0.662. The van der Waals surface area contributed by atoms with Crippen molar-refractivity contribution in [2.75, 3.05) is 6.61 Å². The van der Waals surface area contributed by atoms with Gasteiger partial charge in [-0.05, 0) is 26.2 Å². The molecule has 0 aliphatic carbocycles. The van der Waals surface area contributed by atoms with Gasteiger partial charge in [0.15, 0.2) is 6.10 Å². The van der Waals surface area contributed by atoms with Gasteiger partial charge in [0.2, 0.25) is 5.91 Å². The second-order valence-electron chi connectivity index (χ2n) is 5.08. The Labute approximate surface area is 109 Å². The number of aliphatic carboxylic acids is 1. The summed E-state index contributed by atoms with van der Waals surface area (Å²) >= 11 is 0. The topological polar surface area (TPSA) is 75.6 Å². The van der Waals surface area contributed by atoms with Crippen LogP contribution >= 0.6 is 0 Å². The van der Waals surface area contributed by atoms with Crippen LogP contribution in [0.5, 0.6) is 0 Å². The predicted molar refractivity (Wildman–Crippen MR) is 69.3 cm³/mol. The number of carbonyl (C=O) groups excluding carboxylic acids is 1. The molecule has 0 fully saturated rings. The summed E-state index contributed by atoms with van der Waals surface area (Å²) in [6.07, 6.45) is 2.20. The Bertz CT molecular complexity index is 266. The van der Waals surface area contributed by atoms with Crippen molar-refractivity contribution < 1.29 is 19.4 Å². The maximum atomic E-state index is 11.4. The van der Waals surface area contributed by atoms with Crippen molar-refractivity contribution in [2.24, 2.45) is 5.92 Å². The normalized spacial score (nSPS) is 14.3. The summed E-state index contributed by atoms with van der Waals surface area (Å²) in [6.45, 7) is 7.48. The number of hydrogen-bond acceptors (Lipinski definition) is 3. The zero-order valence-corrected chi connectivity index (χ0v) is 11.7. The van der Waals surface area contributed by atoms with Crippen LogP contribution < -0.4 is 5.32 Å². The zero-order chi connectivity index (χ0) is 14.1. The molecule has 2 unspecified atom stereocenters. The van der Waals surface area contributed by atoms with Crippen LogP contribution in [0.3, 0.4) is 0 Å². The standard InChI is InChI=1S/C13H25NO4/c1-9(2)6-5-7-10(3)14-12(15)8-18-11(4)13(16)17/h9-11H,5-8H2,1-4H3,(H,14,15)(H,16,17). The lowest BCUT2D eigenvalue weighted by Crippen LogP contribution is -2.37. The Morgan fingerprint density at radius 1 is 1.17 bits per heavy atom. The smallest absolute Gasteiger partial charge is 0.332 e. The first kappa shape index (κ1) is 16.9. The first-order valence-corrected chi connectivity index (χ1v) is 6.46. The monoisotopic (exact) mass is 259 g/mol. The summed E-state index contributed by atoms with van der Waals surface area (Å²) in [4.78, 5) is 21.9. The van der Waals surface area contributed by atoms with Gasteiger partial charge < -0.3 is 15.2 Å². The highest BCUT2D eigenvalue weighted by Gasteiger charge is 2.14. The molecule has 0 saturated heterocycles. The Morgan fingerprint density at radius 3 is 2.28 bits per heavy atom. The maximum Gasteiger partial charge on any atom is 0.332 e. The van der Waals surface area contributed by atoms with Crippen molar-refractivity contribution in [2.45, 2.75) is 59.1 Å². The summed E-state index contributed by atoms with van der Waals surface area (Å²) in [6, 6.07) is 0.0972. The van der Waals surface area contributed by atoms with Gasteiger partial charge in [0.05, 0.1) is 0 Å². The van der Waals surface area contributed by atoms with Gasteiger partial charge in [-0.25, -0.2) is 4.79 Å². The average molecular weight is 259 g/mol. The van der Waals surface area contributed by atoms with Crippen molar-refractivity contribution in [1.82, 2.24) is 5.32 Å². The highest BCUT2D eigenvalue weighted by Crippen LogP contribution is 2.08. The molecule has 0 aromatic heterocycles. The van der Waals surface area contributed by atoms with E-state index in [1.54, 1.807) is 0 Å². The molecule has 0 spiro atoms. The van der Waals surface area contributed by atoms with Crippen LogP contribution in [-0.4, -0.2) is 35.7 Å². The second kappa shape index (κ2) is 8.91. The molecule has 5 nitrogen and oxygen atoms in total. The molecular weight excluding hydrogens is 234 g/mol. The van der Waals surface area contributed by atoms with E-state index in [0.29, 0.717) is 5.92 Å². The van der Waals surface area contributed by atoms with E-state index >= 15 is 0 Å².